The van der Waals surface area contributed by atoms with E-state index in [1.54, 1.807) is 36.4 Å². The molecule has 1 aliphatic carbocycles. The molecule has 0 saturated heterocycles. The van der Waals surface area contributed by atoms with E-state index >= 15 is 0 Å². The summed E-state index contributed by atoms with van der Waals surface area (Å²) in [7, 11) is 0. The molecule has 37 heavy (non-hydrogen) atoms. The Kier molecular flexibility index (Phi) is 5.20. The zero-order valence-electron chi connectivity index (χ0n) is 19.0. The molecule has 184 valence electrons. The van der Waals surface area contributed by atoms with Crippen molar-refractivity contribution in [3.63, 3.8) is 0 Å². The second kappa shape index (κ2) is 8.03. The normalized spacial score (nSPS) is 23.7. The van der Waals surface area contributed by atoms with Gasteiger partial charge in [-0.05, 0) is 66.7 Å². The molecular weight excluding hydrogens is 611 g/mol. The highest BCUT2D eigenvalue weighted by Crippen LogP contribution is 2.79. The van der Waals surface area contributed by atoms with Crippen molar-refractivity contribution in [2.45, 2.75) is 12.8 Å². The number of Topliss-reactive ketones (excluding diaryl/α,β-unsaturated/α-hetero) is 2. The van der Waals surface area contributed by atoms with Gasteiger partial charge in [0.2, 0.25) is 0 Å². The first-order chi connectivity index (χ1) is 17.6. The maximum Gasteiger partial charge on any atom is 0.347 e. The van der Waals surface area contributed by atoms with E-state index in [0.717, 1.165) is 12.1 Å². The highest BCUT2D eigenvalue weighted by molar-refractivity contribution is 9.10. The first-order valence-electron chi connectivity index (χ1n) is 11.2. The minimum atomic E-state index is -2.01. The fraction of sp³-hybridized carbons (Fsp3) is 0.143. The van der Waals surface area contributed by atoms with Crippen LogP contribution < -0.4 is 10.4 Å². The lowest BCUT2D eigenvalue weighted by Gasteiger charge is -2.22. The monoisotopic (exact) mass is 624 g/mol. The van der Waals surface area contributed by atoms with Crippen molar-refractivity contribution in [2.24, 2.45) is 10.8 Å². The van der Waals surface area contributed by atoms with E-state index in [9.17, 15) is 23.6 Å². The van der Waals surface area contributed by atoms with Crippen LogP contribution in [0.4, 0.5) is 4.39 Å². The summed E-state index contributed by atoms with van der Waals surface area (Å²) in [5.74, 6) is -3.55. The minimum absolute atomic E-state index is 0.129. The van der Waals surface area contributed by atoms with E-state index in [2.05, 4.69) is 31.9 Å². The predicted octanol–water partition coefficient (Wildman–Crippen LogP) is 6.23. The summed E-state index contributed by atoms with van der Waals surface area (Å²) in [5, 5.41) is 0.463. The molecule has 1 fully saturated rings. The quantitative estimate of drug-likeness (QED) is 0.0878. The number of benzene rings is 3. The topological polar surface area (TPSA) is 90.7 Å². The van der Waals surface area contributed by atoms with Crippen LogP contribution in [-0.4, -0.2) is 17.5 Å². The lowest BCUT2D eigenvalue weighted by atomic mass is 9.82. The molecular formula is C28H15Br2FO6. The Labute approximate surface area is 225 Å². The smallest absolute Gasteiger partial charge is 0.347 e. The van der Waals surface area contributed by atoms with Crippen molar-refractivity contribution in [1.82, 2.24) is 0 Å². The van der Waals surface area contributed by atoms with Crippen LogP contribution in [0.1, 0.15) is 39.1 Å². The molecule has 1 aliphatic heterocycles. The average Bonchev–Trinajstić information content (AvgIpc) is 3.47. The summed E-state index contributed by atoms with van der Waals surface area (Å²) in [5.41, 5.74) is -4.03. The number of hydrogen-bond donors (Lipinski definition) is 0. The van der Waals surface area contributed by atoms with E-state index in [4.69, 9.17) is 9.15 Å². The number of esters is 1. The van der Waals surface area contributed by atoms with Gasteiger partial charge < -0.3 is 9.15 Å². The molecule has 3 unspecified atom stereocenters. The van der Waals surface area contributed by atoms with Gasteiger partial charge in [0.1, 0.15) is 22.7 Å². The van der Waals surface area contributed by atoms with E-state index < -0.39 is 45.7 Å². The molecule has 9 heteroatoms. The predicted molar refractivity (Wildman–Crippen MR) is 138 cm³/mol. The van der Waals surface area contributed by atoms with Gasteiger partial charge >= 0.3 is 11.6 Å². The summed E-state index contributed by atoms with van der Waals surface area (Å²) >= 11 is 6.76. The molecule has 4 aromatic rings. The first-order valence-corrected chi connectivity index (χ1v) is 12.8. The maximum absolute atomic E-state index is 14.2. The summed E-state index contributed by atoms with van der Waals surface area (Å²) in [6.07, 6.45) is 0. The van der Waals surface area contributed by atoms with Crippen LogP contribution in [0.5, 0.6) is 5.75 Å². The standard InChI is InChI=1S/C28H15Br2FO6/c1-27(23(32)13-2-6-17(31)7-3-13)22-18-12-16(30)5-9-21(18)37-26(35)28(22,27)24(33)19-11-14-10-15(29)4-8-20(14)36-25(19)34/h2-12,22H,1H3. The van der Waals surface area contributed by atoms with Gasteiger partial charge in [-0.2, -0.15) is 0 Å². The fourth-order valence-corrected chi connectivity index (χ4v) is 6.40. The van der Waals surface area contributed by atoms with Crippen molar-refractivity contribution < 1.29 is 27.9 Å². The van der Waals surface area contributed by atoms with Gasteiger partial charge in [0.15, 0.2) is 17.0 Å². The molecule has 2 heterocycles. The van der Waals surface area contributed by atoms with Gasteiger partial charge in [0, 0.05) is 31.4 Å². The third-order valence-corrected chi connectivity index (χ3v) is 8.42. The van der Waals surface area contributed by atoms with Crippen LogP contribution in [0.15, 0.2) is 84.9 Å². The van der Waals surface area contributed by atoms with Crippen LogP contribution in [0, 0.1) is 16.6 Å². The molecule has 1 aromatic heterocycles. The van der Waals surface area contributed by atoms with Crippen molar-refractivity contribution in [2.75, 3.05) is 0 Å². The number of carbonyl (C=O) groups excluding carboxylic acids is 3. The van der Waals surface area contributed by atoms with E-state index in [-0.39, 0.29) is 22.5 Å². The summed E-state index contributed by atoms with van der Waals surface area (Å²) < 4.78 is 25.9. The average molecular weight is 626 g/mol. The number of carbonyl (C=O) groups is 3. The second-order valence-electron chi connectivity index (χ2n) is 9.31. The zero-order chi connectivity index (χ0) is 26.3. The van der Waals surface area contributed by atoms with Crippen molar-refractivity contribution >= 4 is 60.4 Å². The Morgan fingerprint density at radius 2 is 1.57 bits per heavy atom. The highest BCUT2D eigenvalue weighted by Gasteiger charge is 2.87. The Hall–Kier alpha value is -3.43. The van der Waals surface area contributed by atoms with Crippen LogP contribution in [0.3, 0.4) is 0 Å². The van der Waals surface area contributed by atoms with Gasteiger partial charge in [-0.1, -0.05) is 38.8 Å². The summed E-state index contributed by atoms with van der Waals surface area (Å²) in [6, 6.07) is 16.1. The second-order valence-corrected chi connectivity index (χ2v) is 11.1. The lowest BCUT2D eigenvalue weighted by Crippen LogP contribution is -2.40. The molecule has 6 rings (SSSR count). The lowest BCUT2D eigenvalue weighted by molar-refractivity contribution is -0.140. The summed E-state index contributed by atoms with van der Waals surface area (Å²) in [6.45, 7) is 1.51. The van der Waals surface area contributed by atoms with Crippen LogP contribution in [-0.2, 0) is 4.79 Å². The molecule has 6 nitrogen and oxygen atoms in total. The largest absolute Gasteiger partial charge is 0.425 e. The van der Waals surface area contributed by atoms with Crippen molar-refractivity contribution in [1.29, 1.82) is 0 Å². The molecule has 1 saturated carbocycles. The SMILES string of the molecule is CC1(C(=O)c2ccc(F)cc2)C2c3cc(Br)ccc3OC(=O)C21C(=O)c1cc2cc(Br)ccc2oc1=O. The van der Waals surface area contributed by atoms with Crippen LogP contribution >= 0.6 is 31.9 Å². The number of ether oxygens (including phenoxy) is 1. The molecule has 0 N–H and O–H groups in total. The molecule has 0 spiro atoms. The Morgan fingerprint density at radius 3 is 2.30 bits per heavy atom. The van der Waals surface area contributed by atoms with Gasteiger partial charge in [0.05, 0.1) is 5.41 Å². The van der Waals surface area contributed by atoms with Gasteiger partial charge in [-0.15, -0.1) is 0 Å². The molecule has 0 bridgehead atoms. The van der Waals surface area contributed by atoms with E-state index in [1.165, 1.54) is 25.1 Å². The third-order valence-electron chi connectivity index (χ3n) is 7.43. The Morgan fingerprint density at radius 1 is 0.892 bits per heavy atom. The van der Waals surface area contributed by atoms with Crippen molar-refractivity contribution in [3.05, 3.63) is 109 Å². The number of halogens is 3. The number of rotatable bonds is 4. The Balaban J connectivity index is 1.59. The molecule has 0 radical (unpaired) electrons. The number of fused-ring (bicyclic) bond motifs is 4. The molecule has 3 atom stereocenters. The molecule has 3 aromatic carbocycles. The van der Waals surface area contributed by atoms with E-state index in [0.29, 0.717) is 19.9 Å². The maximum atomic E-state index is 14.2. The minimum Gasteiger partial charge on any atom is -0.425 e. The Bertz CT molecular complexity index is 1740. The number of hydrogen-bond acceptors (Lipinski definition) is 6. The molecule has 2 aliphatic rings. The van der Waals surface area contributed by atoms with Crippen molar-refractivity contribution in [3.8, 4) is 5.75 Å². The summed E-state index contributed by atoms with van der Waals surface area (Å²) in [4.78, 5) is 54.8. The van der Waals surface area contributed by atoms with Gasteiger partial charge in [0.25, 0.3) is 0 Å². The van der Waals surface area contributed by atoms with Crippen LogP contribution in [0.25, 0.3) is 11.0 Å². The van der Waals surface area contributed by atoms with Gasteiger partial charge in [-0.3, -0.25) is 14.4 Å². The zero-order valence-corrected chi connectivity index (χ0v) is 22.2. The van der Waals surface area contributed by atoms with Gasteiger partial charge in [-0.25, -0.2) is 9.18 Å². The number of ketones is 2. The first kappa shape index (κ1) is 23.9. The highest BCUT2D eigenvalue weighted by atomic mass is 79.9. The third kappa shape index (κ3) is 3.20. The molecule has 0 amide bonds. The van der Waals surface area contributed by atoms with Crippen LogP contribution in [0.2, 0.25) is 0 Å². The van der Waals surface area contributed by atoms with E-state index in [1.807, 2.05) is 0 Å². The fourth-order valence-electron chi connectivity index (χ4n) is 5.65.